The Bertz CT molecular complexity index is 615. The Labute approximate surface area is 127 Å². The van der Waals surface area contributed by atoms with Crippen molar-refractivity contribution in [3.05, 3.63) is 36.0 Å². The van der Waals surface area contributed by atoms with Gasteiger partial charge >= 0.3 is 0 Å². The molecule has 0 aliphatic heterocycles. The van der Waals surface area contributed by atoms with E-state index >= 15 is 0 Å². The number of likely N-dealkylation sites (N-methyl/N-ethyl adjacent to an activating group) is 1. The number of hydrogen-bond donors (Lipinski definition) is 1. The molecule has 3 heteroatoms. The molecule has 3 nitrogen and oxygen atoms in total. The van der Waals surface area contributed by atoms with Gasteiger partial charge in [0.15, 0.2) is 0 Å². The van der Waals surface area contributed by atoms with Gasteiger partial charge < -0.3 is 10.2 Å². The molecule has 1 aliphatic rings. The monoisotopic (exact) mass is 283 g/mol. The predicted octanol–water partition coefficient (Wildman–Crippen LogP) is 3.55. The van der Waals surface area contributed by atoms with Crippen molar-refractivity contribution in [2.45, 2.75) is 32.2 Å². The topological polar surface area (TPSA) is 28.2 Å². The number of fused-ring (bicyclic) bond motifs is 1. The minimum atomic E-state index is 0.627. The molecule has 0 saturated heterocycles. The summed E-state index contributed by atoms with van der Waals surface area (Å²) in [5, 5.41) is 4.91. The van der Waals surface area contributed by atoms with Gasteiger partial charge in [-0.15, -0.1) is 0 Å². The van der Waals surface area contributed by atoms with Gasteiger partial charge in [0, 0.05) is 29.4 Å². The molecule has 3 rings (SSSR count). The fourth-order valence-corrected chi connectivity index (χ4v) is 3.02. The third kappa shape index (κ3) is 3.18. The molecule has 1 atom stereocenters. The molecular weight excluding hydrogens is 258 g/mol. The summed E-state index contributed by atoms with van der Waals surface area (Å²) < 4.78 is 0. The lowest BCUT2D eigenvalue weighted by Crippen LogP contribution is -2.36. The summed E-state index contributed by atoms with van der Waals surface area (Å²) in [6.45, 7) is 3.17. The number of pyridine rings is 1. The van der Waals surface area contributed by atoms with Crippen molar-refractivity contribution >= 4 is 16.6 Å². The SMILES string of the molecule is CCc1cc(NCC(C2CC2)N(C)C)c2ccccc2n1. The lowest BCUT2D eigenvalue weighted by atomic mass is 10.1. The molecule has 1 fully saturated rings. The van der Waals surface area contributed by atoms with Crippen molar-refractivity contribution in [3.63, 3.8) is 0 Å². The number of para-hydroxylation sites is 1. The number of benzene rings is 1. The first-order valence-electron chi connectivity index (χ1n) is 7.98. The molecule has 1 N–H and O–H groups in total. The van der Waals surface area contributed by atoms with Crippen LogP contribution in [0.5, 0.6) is 0 Å². The Morgan fingerprint density at radius 1 is 1.29 bits per heavy atom. The Kier molecular flexibility index (Phi) is 4.11. The maximum absolute atomic E-state index is 4.71. The number of anilines is 1. The van der Waals surface area contributed by atoms with Gasteiger partial charge in [-0.3, -0.25) is 4.98 Å². The highest BCUT2D eigenvalue weighted by molar-refractivity contribution is 5.91. The van der Waals surface area contributed by atoms with Crippen LogP contribution in [0.1, 0.15) is 25.5 Å². The van der Waals surface area contributed by atoms with Crippen LogP contribution in [0.2, 0.25) is 0 Å². The molecule has 2 aromatic rings. The van der Waals surface area contributed by atoms with Crippen LogP contribution in [0, 0.1) is 5.92 Å². The molecule has 1 aromatic carbocycles. The maximum Gasteiger partial charge on any atom is 0.0726 e. The fraction of sp³-hybridized carbons (Fsp3) is 0.500. The van der Waals surface area contributed by atoms with E-state index in [1.807, 2.05) is 0 Å². The van der Waals surface area contributed by atoms with Crippen LogP contribution in [0.4, 0.5) is 5.69 Å². The molecule has 1 aromatic heterocycles. The number of aryl methyl sites for hydroxylation is 1. The third-order valence-corrected chi connectivity index (χ3v) is 4.46. The highest BCUT2D eigenvalue weighted by Gasteiger charge is 2.32. The van der Waals surface area contributed by atoms with E-state index in [0.717, 1.165) is 30.1 Å². The van der Waals surface area contributed by atoms with Gasteiger partial charge in [-0.05, 0) is 51.4 Å². The Morgan fingerprint density at radius 2 is 2.05 bits per heavy atom. The fourth-order valence-electron chi connectivity index (χ4n) is 3.02. The first-order chi connectivity index (χ1) is 10.2. The van der Waals surface area contributed by atoms with Gasteiger partial charge in [-0.1, -0.05) is 25.1 Å². The van der Waals surface area contributed by atoms with E-state index < -0.39 is 0 Å². The van der Waals surface area contributed by atoms with Gasteiger partial charge in [0.1, 0.15) is 0 Å². The minimum absolute atomic E-state index is 0.627. The molecule has 0 spiro atoms. The van der Waals surface area contributed by atoms with Crippen LogP contribution in [0.3, 0.4) is 0 Å². The van der Waals surface area contributed by atoms with E-state index in [4.69, 9.17) is 4.98 Å². The average molecular weight is 283 g/mol. The normalized spacial score (nSPS) is 16.4. The second kappa shape index (κ2) is 6.02. The molecule has 1 aliphatic carbocycles. The van der Waals surface area contributed by atoms with Gasteiger partial charge in [-0.2, -0.15) is 0 Å². The third-order valence-electron chi connectivity index (χ3n) is 4.46. The van der Waals surface area contributed by atoms with Gasteiger partial charge in [-0.25, -0.2) is 0 Å². The molecule has 21 heavy (non-hydrogen) atoms. The van der Waals surface area contributed by atoms with Gasteiger partial charge in [0.2, 0.25) is 0 Å². The van der Waals surface area contributed by atoms with Crippen molar-refractivity contribution in [1.82, 2.24) is 9.88 Å². The second-order valence-corrected chi connectivity index (χ2v) is 6.28. The number of nitrogens with zero attached hydrogens (tertiary/aromatic N) is 2. The van der Waals surface area contributed by atoms with E-state index in [0.29, 0.717) is 6.04 Å². The van der Waals surface area contributed by atoms with Crippen LogP contribution in [-0.4, -0.2) is 36.6 Å². The molecule has 0 amide bonds. The molecule has 112 valence electrons. The minimum Gasteiger partial charge on any atom is -0.383 e. The number of nitrogens with one attached hydrogen (secondary N) is 1. The summed E-state index contributed by atoms with van der Waals surface area (Å²) in [4.78, 5) is 7.07. The molecule has 1 heterocycles. The summed E-state index contributed by atoms with van der Waals surface area (Å²) in [7, 11) is 4.37. The number of hydrogen-bond acceptors (Lipinski definition) is 3. The zero-order chi connectivity index (χ0) is 14.8. The van der Waals surface area contributed by atoms with Gasteiger partial charge in [0.05, 0.1) is 5.52 Å². The zero-order valence-electron chi connectivity index (χ0n) is 13.3. The Balaban J connectivity index is 1.85. The standard InChI is InChI=1S/C18H25N3/c1-4-14-11-17(15-7-5-6-8-16(15)20-14)19-12-18(21(2)3)13-9-10-13/h5-8,11,13,18H,4,9-10,12H2,1-3H3,(H,19,20). The van der Waals surface area contributed by atoms with Crippen LogP contribution >= 0.6 is 0 Å². The maximum atomic E-state index is 4.71. The molecule has 0 bridgehead atoms. The summed E-state index contributed by atoms with van der Waals surface area (Å²) in [6, 6.07) is 11.2. The van der Waals surface area contributed by atoms with Crippen LogP contribution < -0.4 is 5.32 Å². The average Bonchev–Trinajstić information content (AvgIpc) is 3.31. The molecule has 1 unspecified atom stereocenters. The molecule has 0 radical (unpaired) electrons. The predicted molar refractivity (Wildman–Crippen MR) is 89.8 cm³/mol. The molecule has 1 saturated carbocycles. The zero-order valence-corrected chi connectivity index (χ0v) is 13.3. The highest BCUT2D eigenvalue weighted by Crippen LogP contribution is 2.35. The van der Waals surface area contributed by atoms with E-state index in [1.165, 1.54) is 23.9 Å². The summed E-state index contributed by atoms with van der Waals surface area (Å²) in [5.74, 6) is 0.867. The van der Waals surface area contributed by atoms with Crippen molar-refractivity contribution in [2.24, 2.45) is 5.92 Å². The number of rotatable bonds is 6. The van der Waals surface area contributed by atoms with Crippen molar-refractivity contribution < 1.29 is 0 Å². The smallest absolute Gasteiger partial charge is 0.0726 e. The van der Waals surface area contributed by atoms with E-state index in [9.17, 15) is 0 Å². The second-order valence-electron chi connectivity index (χ2n) is 6.28. The summed E-state index contributed by atoms with van der Waals surface area (Å²) in [6.07, 6.45) is 3.73. The summed E-state index contributed by atoms with van der Waals surface area (Å²) in [5.41, 5.74) is 3.47. The van der Waals surface area contributed by atoms with E-state index in [-0.39, 0.29) is 0 Å². The first kappa shape index (κ1) is 14.3. The van der Waals surface area contributed by atoms with E-state index in [2.05, 4.69) is 61.6 Å². The van der Waals surface area contributed by atoms with Crippen molar-refractivity contribution in [1.29, 1.82) is 0 Å². The van der Waals surface area contributed by atoms with Gasteiger partial charge in [0.25, 0.3) is 0 Å². The lowest BCUT2D eigenvalue weighted by molar-refractivity contribution is 0.276. The quantitative estimate of drug-likeness (QED) is 0.878. The van der Waals surface area contributed by atoms with E-state index in [1.54, 1.807) is 0 Å². The Hall–Kier alpha value is -1.61. The first-order valence-corrected chi connectivity index (χ1v) is 7.98. The van der Waals surface area contributed by atoms with Crippen LogP contribution in [0.25, 0.3) is 10.9 Å². The van der Waals surface area contributed by atoms with Crippen LogP contribution in [-0.2, 0) is 6.42 Å². The summed E-state index contributed by atoms with van der Waals surface area (Å²) >= 11 is 0. The lowest BCUT2D eigenvalue weighted by Gasteiger charge is -2.25. The highest BCUT2D eigenvalue weighted by atomic mass is 15.1. The Morgan fingerprint density at radius 3 is 2.71 bits per heavy atom. The van der Waals surface area contributed by atoms with Crippen molar-refractivity contribution in [3.8, 4) is 0 Å². The van der Waals surface area contributed by atoms with Crippen LogP contribution in [0.15, 0.2) is 30.3 Å². The molecular formula is C18H25N3. The largest absolute Gasteiger partial charge is 0.383 e. The van der Waals surface area contributed by atoms with Crippen molar-refractivity contribution in [2.75, 3.05) is 26.0 Å². The number of aromatic nitrogens is 1.